The standard InChI is InChI=1S/C8H9ClN4O2/c9-6-5-3(1-4(14)15)2-11-7(5)13-8(10)12-6/h3H,1-2H2,(H,14,15)(H3,10,11,12,13). The molecule has 1 unspecified atom stereocenters. The Balaban J connectivity index is 2.37. The van der Waals surface area contributed by atoms with Crippen LogP contribution in [0.2, 0.25) is 5.15 Å². The summed E-state index contributed by atoms with van der Waals surface area (Å²) in [6.07, 6.45) is 0.00694. The molecule has 2 heterocycles. The van der Waals surface area contributed by atoms with Crippen LogP contribution in [0.3, 0.4) is 0 Å². The van der Waals surface area contributed by atoms with Crippen LogP contribution in [0.1, 0.15) is 17.9 Å². The second-order valence-corrected chi connectivity index (χ2v) is 3.67. The zero-order valence-electron chi connectivity index (χ0n) is 7.70. The van der Waals surface area contributed by atoms with Crippen molar-refractivity contribution >= 4 is 29.3 Å². The molecule has 0 spiro atoms. The molecule has 0 aliphatic carbocycles. The van der Waals surface area contributed by atoms with Crippen LogP contribution in [0.4, 0.5) is 11.8 Å². The second kappa shape index (κ2) is 3.54. The quantitative estimate of drug-likeness (QED) is 0.644. The van der Waals surface area contributed by atoms with Gasteiger partial charge in [-0.15, -0.1) is 0 Å². The van der Waals surface area contributed by atoms with Gasteiger partial charge in [-0.1, -0.05) is 11.6 Å². The van der Waals surface area contributed by atoms with Crippen molar-refractivity contribution in [3.8, 4) is 0 Å². The van der Waals surface area contributed by atoms with E-state index in [1.54, 1.807) is 0 Å². The van der Waals surface area contributed by atoms with Crippen molar-refractivity contribution < 1.29 is 9.90 Å². The van der Waals surface area contributed by atoms with Crippen LogP contribution < -0.4 is 11.1 Å². The fraction of sp³-hybridized carbons (Fsp3) is 0.375. The Kier molecular flexibility index (Phi) is 2.36. The van der Waals surface area contributed by atoms with Crippen LogP contribution in [0, 0.1) is 0 Å². The van der Waals surface area contributed by atoms with E-state index in [4.69, 9.17) is 22.4 Å². The number of halogens is 1. The molecule has 0 radical (unpaired) electrons. The first kappa shape index (κ1) is 9.97. The summed E-state index contributed by atoms with van der Waals surface area (Å²) < 4.78 is 0. The van der Waals surface area contributed by atoms with Gasteiger partial charge in [0.05, 0.1) is 6.42 Å². The fourth-order valence-corrected chi connectivity index (χ4v) is 1.99. The smallest absolute Gasteiger partial charge is 0.304 e. The van der Waals surface area contributed by atoms with Gasteiger partial charge in [0.2, 0.25) is 5.95 Å². The van der Waals surface area contributed by atoms with Crippen LogP contribution in [0.5, 0.6) is 0 Å². The molecule has 2 rings (SSSR count). The van der Waals surface area contributed by atoms with Gasteiger partial charge in [0.25, 0.3) is 0 Å². The minimum atomic E-state index is -0.873. The third kappa shape index (κ3) is 1.80. The molecule has 0 fully saturated rings. The molecule has 80 valence electrons. The monoisotopic (exact) mass is 228 g/mol. The molecule has 4 N–H and O–H groups in total. The number of fused-ring (bicyclic) bond motifs is 1. The topological polar surface area (TPSA) is 101 Å². The second-order valence-electron chi connectivity index (χ2n) is 3.31. The molecule has 6 nitrogen and oxygen atoms in total. The average Bonchev–Trinajstić information content (AvgIpc) is 2.46. The first-order valence-corrected chi connectivity index (χ1v) is 4.74. The van der Waals surface area contributed by atoms with Crippen LogP contribution in [0.25, 0.3) is 0 Å². The Morgan fingerprint density at radius 3 is 3.07 bits per heavy atom. The number of carboxylic acids is 1. The van der Waals surface area contributed by atoms with Gasteiger partial charge in [-0.25, -0.2) is 4.98 Å². The van der Waals surface area contributed by atoms with Crippen molar-refractivity contribution in [2.24, 2.45) is 0 Å². The largest absolute Gasteiger partial charge is 0.481 e. The van der Waals surface area contributed by atoms with Gasteiger partial charge in [-0.3, -0.25) is 4.79 Å². The predicted octanol–water partition coefficient (Wildman–Crippen LogP) is 0.696. The number of carbonyl (C=O) groups is 1. The van der Waals surface area contributed by atoms with Gasteiger partial charge in [0.1, 0.15) is 11.0 Å². The lowest BCUT2D eigenvalue weighted by Gasteiger charge is -2.07. The van der Waals surface area contributed by atoms with Crippen LogP contribution in [0.15, 0.2) is 0 Å². The summed E-state index contributed by atoms with van der Waals surface area (Å²) in [6, 6.07) is 0. The normalized spacial score (nSPS) is 18.3. The molecule has 1 aromatic heterocycles. The Hall–Kier alpha value is -1.56. The van der Waals surface area contributed by atoms with E-state index in [1.165, 1.54) is 0 Å². The van der Waals surface area contributed by atoms with E-state index < -0.39 is 5.97 Å². The summed E-state index contributed by atoms with van der Waals surface area (Å²) in [7, 11) is 0. The lowest BCUT2D eigenvalue weighted by atomic mass is 10.0. The Morgan fingerprint density at radius 2 is 2.40 bits per heavy atom. The van der Waals surface area contributed by atoms with Gasteiger partial charge in [-0.2, -0.15) is 4.98 Å². The summed E-state index contributed by atoms with van der Waals surface area (Å²) in [4.78, 5) is 18.4. The van der Waals surface area contributed by atoms with Crippen molar-refractivity contribution in [3.05, 3.63) is 10.7 Å². The minimum absolute atomic E-state index is 0.00694. The zero-order chi connectivity index (χ0) is 11.0. The number of anilines is 2. The van der Waals surface area contributed by atoms with Crippen molar-refractivity contribution in [2.45, 2.75) is 12.3 Å². The highest BCUT2D eigenvalue weighted by Crippen LogP contribution is 2.36. The van der Waals surface area contributed by atoms with Crippen molar-refractivity contribution in [1.82, 2.24) is 9.97 Å². The van der Waals surface area contributed by atoms with E-state index >= 15 is 0 Å². The molecule has 0 saturated carbocycles. The SMILES string of the molecule is Nc1nc(Cl)c2c(n1)NCC2CC(=O)O. The van der Waals surface area contributed by atoms with Crippen LogP contribution in [-0.4, -0.2) is 27.6 Å². The number of carboxylic acid groups (broad SMARTS) is 1. The Bertz CT molecular complexity index is 423. The fourth-order valence-electron chi connectivity index (χ4n) is 1.66. The van der Waals surface area contributed by atoms with E-state index in [9.17, 15) is 4.79 Å². The van der Waals surface area contributed by atoms with Crippen molar-refractivity contribution in [1.29, 1.82) is 0 Å². The van der Waals surface area contributed by atoms with Crippen LogP contribution >= 0.6 is 11.6 Å². The summed E-state index contributed by atoms with van der Waals surface area (Å²) in [5.74, 6) is -0.436. The third-order valence-electron chi connectivity index (χ3n) is 2.26. The first-order chi connectivity index (χ1) is 7.08. The highest BCUT2D eigenvalue weighted by atomic mass is 35.5. The zero-order valence-corrected chi connectivity index (χ0v) is 8.45. The van der Waals surface area contributed by atoms with E-state index in [1.807, 2.05) is 0 Å². The van der Waals surface area contributed by atoms with Gasteiger partial charge in [0, 0.05) is 18.0 Å². The van der Waals surface area contributed by atoms with E-state index in [-0.39, 0.29) is 23.4 Å². The molecular formula is C8H9ClN4O2. The molecule has 1 aliphatic rings. The number of nitrogens with two attached hydrogens (primary N) is 1. The number of nitrogens with zero attached hydrogens (tertiary/aromatic N) is 2. The summed E-state index contributed by atoms with van der Waals surface area (Å²) in [6.45, 7) is 0.499. The minimum Gasteiger partial charge on any atom is -0.481 e. The molecule has 1 aliphatic heterocycles. The van der Waals surface area contributed by atoms with Gasteiger partial charge >= 0.3 is 5.97 Å². The van der Waals surface area contributed by atoms with Gasteiger partial charge < -0.3 is 16.2 Å². The maximum atomic E-state index is 10.6. The highest BCUT2D eigenvalue weighted by Gasteiger charge is 2.29. The van der Waals surface area contributed by atoms with Gasteiger partial charge in [0.15, 0.2) is 0 Å². The Morgan fingerprint density at radius 1 is 1.67 bits per heavy atom. The maximum Gasteiger partial charge on any atom is 0.304 e. The first-order valence-electron chi connectivity index (χ1n) is 4.36. The molecule has 15 heavy (non-hydrogen) atoms. The van der Waals surface area contributed by atoms with E-state index in [2.05, 4.69) is 15.3 Å². The van der Waals surface area contributed by atoms with E-state index in [0.717, 1.165) is 0 Å². The number of hydrogen-bond acceptors (Lipinski definition) is 5. The predicted molar refractivity (Wildman–Crippen MR) is 54.9 cm³/mol. The lowest BCUT2D eigenvalue weighted by molar-refractivity contribution is -0.137. The summed E-state index contributed by atoms with van der Waals surface area (Å²) in [5, 5.41) is 11.9. The average molecular weight is 229 g/mol. The summed E-state index contributed by atoms with van der Waals surface area (Å²) >= 11 is 5.89. The lowest BCUT2D eigenvalue weighted by Crippen LogP contribution is -2.08. The molecular weight excluding hydrogens is 220 g/mol. The maximum absolute atomic E-state index is 10.6. The molecule has 1 atom stereocenters. The number of aliphatic carboxylic acids is 1. The number of nitrogens with one attached hydrogen (secondary N) is 1. The molecule has 0 aromatic carbocycles. The molecule has 0 bridgehead atoms. The number of hydrogen-bond donors (Lipinski definition) is 3. The number of nitrogen functional groups attached to an aromatic ring is 1. The third-order valence-corrected chi connectivity index (χ3v) is 2.55. The Labute approximate surface area is 90.5 Å². The summed E-state index contributed by atoms with van der Waals surface area (Å²) in [5.41, 5.74) is 6.06. The van der Waals surface area contributed by atoms with Crippen molar-refractivity contribution in [2.75, 3.05) is 17.6 Å². The molecule has 0 saturated heterocycles. The van der Waals surface area contributed by atoms with Crippen LogP contribution in [-0.2, 0) is 4.79 Å². The molecule has 0 amide bonds. The van der Waals surface area contributed by atoms with Gasteiger partial charge in [-0.05, 0) is 0 Å². The number of rotatable bonds is 2. The van der Waals surface area contributed by atoms with E-state index in [0.29, 0.717) is 17.9 Å². The highest BCUT2D eigenvalue weighted by molar-refractivity contribution is 6.30. The molecule has 1 aromatic rings. The molecule has 7 heteroatoms. The number of aromatic nitrogens is 2. The van der Waals surface area contributed by atoms with Crippen molar-refractivity contribution in [3.63, 3.8) is 0 Å².